The van der Waals surface area contributed by atoms with Crippen molar-refractivity contribution in [3.05, 3.63) is 211 Å². The molecule has 11 heteroatoms. The number of aromatic hydroxyl groups is 2. The Morgan fingerprint density at radius 2 is 0.864 bits per heavy atom. The van der Waals surface area contributed by atoms with Gasteiger partial charge in [0.15, 0.2) is 0 Å². The van der Waals surface area contributed by atoms with Gasteiger partial charge in [0, 0.05) is 65.9 Å². The van der Waals surface area contributed by atoms with E-state index in [2.05, 4.69) is 160 Å². The molecule has 81 heavy (non-hydrogen) atoms. The number of phenols is 2. The number of hydrogen-bond donors (Lipinski definition) is 2. The number of para-hydroxylation sites is 3. The van der Waals surface area contributed by atoms with Gasteiger partial charge in [0.1, 0.15) is 46.6 Å². The Morgan fingerprint density at radius 1 is 0.481 bits per heavy atom. The first-order chi connectivity index (χ1) is 39.0. The summed E-state index contributed by atoms with van der Waals surface area (Å²) >= 11 is -2.51. The Bertz CT molecular complexity index is 3300. The molecule has 0 aromatic heterocycles. The average molecular weight is 1320 g/mol. The molecule has 2 atom stereocenters. The molecule has 0 fully saturated rings. The minimum atomic E-state index is -2.51. The molecule has 1 aliphatic rings. The van der Waals surface area contributed by atoms with Crippen molar-refractivity contribution < 1.29 is 61.5 Å². The molecule has 1 aliphatic carbocycles. The van der Waals surface area contributed by atoms with E-state index in [-0.39, 0.29) is 22.3 Å². The molecule has 8 rings (SSSR count). The van der Waals surface area contributed by atoms with E-state index in [1.807, 2.05) is 54.9 Å². The van der Waals surface area contributed by atoms with Crippen molar-refractivity contribution in [3.63, 3.8) is 0 Å². The van der Waals surface area contributed by atoms with E-state index in [0.717, 1.165) is 110 Å². The van der Waals surface area contributed by atoms with Gasteiger partial charge in [0.05, 0.1) is 26.4 Å². The molecule has 0 aliphatic heterocycles. The summed E-state index contributed by atoms with van der Waals surface area (Å²) in [5.41, 5.74) is 12.5. The van der Waals surface area contributed by atoms with Gasteiger partial charge < -0.3 is 29.2 Å². The standard InChI is InChI=1S/C70H82N2O6.2O.U/c1-11-34-75-65-49-28-21-29-50(65)39-52-31-23-33-54(67(52)77-36-13-3)42-58-59(61(73)43-55(68(58)78-37-14-4)40-53-32-22-30-51(38-49)66(53)76-35-12-2)46-72-63(48-26-19-16-20-27-48)62(47-24-17-15-18-25-47)71-45-56-41-57(69(5,6)7)44-60(64(56)74)70(8,9)10;;;/h15-33,41,43-46,62-63,73-74H,11-14,34-40,42H2,1-10H3;;;. The fraction of sp³-hybridized carbons (Fsp3) is 0.371. The van der Waals surface area contributed by atoms with Gasteiger partial charge in [-0.15, -0.1) is 0 Å². The quantitative estimate of drug-likeness (QED) is 0.0764. The summed E-state index contributed by atoms with van der Waals surface area (Å²) in [7, 11) is 0. The van der Waals surface area contributed by atoms with Crippen LogP contribution in [-0.2, 0) is 41.0 Å². The van der Waals surface area contributed by atoms with Crippen LogP contribution in [0.25, 0.3) is 0 Å². The van der Waals surface area contributed by atoms with Crippen LogP contribution >= 0.6 is 0 Å². The van der Waals surface area contributed by atoms with E-state index in [1.54, 1.807) is 0 Å². The fourth-order valence-corrected chi connectivity index (χ4v) is 10.4. The first kappa shape index (κ1) is 61.9. The second kappa shape index (κ2) is 29.4. The summed E-state index contributed by atoms with van der Waals surface area (Å²) in [5, 5.41) is 24.7. The molecule has 0 amide bonds. The normalized spacial score (nSPS) is 13.2. The first-order valence-electron chi connectivity index (χ1n) is 28.8. The summed E-state index contributed by atoms with van der Waals surface area (Å²) in [6.45, 7) is 23.6. The van der Waals surface area contributed by atoms with Crippen LogP contribution < -0.4 is 18.9 Å². The molecule has 8 bridgehead atoms. The molecule has 424 valence electrons. The van der Waals surface area contributed by atoms with E-state index in [4.69, 9.17) is 33.4 Å². The average Bonchev–Trinajstić information content (AvgIpc) is 3.63. The van der Waals surface area contributed by atoms with Gasteiger partial charge in [-0.3, -0.25) is 9.98 Å². The molecule has 7 aromatic rings. The minimum absolute atomic E-state index is 0.0889. The van der Waals surface area contributed by atoms with Crippen LogP contribution in [0.15, 0.2) is 143 Å². The SMILES string of the molecule is CCCOc1c2cccc1Cc1cccc(c1OCCC)Cc1c(C=NC(c3ccccc3)C(N=Cc3cc(C(C)(C)C)cc(C(C)(C)C)c3O)c3ccccc3)c(O)cc(c1OCCC)Cc1cccc(c1OCCC)C2.[O]=[U]=[O]. The summed E-state index contributed by atoms with van der Waals surface area (Å²) < 4.78 is 44.4. The molecule has 0 spiro atoms. The van der Waals surface area contributed by atoms with E-state index in [1.165, 1.54) is 0 Å². The molecule has 2 unspecified atom stereocenters. The van der Waals surface area contributed by atoms with E-state index >= 15 is 0 Å². The zero-order valence-corrected chi connectivity index (χ0v) is 53.4. The topological polar surface area (TPSA) is 136 Å². The summed E-state index contributed by atoms with van der Waals surface area (Å²) in [4.78, 5) is 11.0. The van der Waals surface area contributed by atoms with Gasteiger partial charge in [-0.25, -0.2) is 0 Å². The van der Waals surface area contributed by atoms with Crippen molar-refractivity contribution >= 4 is 12.4 Å². The zero-order valence-electron chi connectivity index (χ0n) is 49.2. The van der Waals surface area contributed by atoms with Crippen LogP contribution in [0, 0.1) is 27.8 Å². The van der Waals surface area contributed by atoms with Gasteiger partial charge in [0.2, 0.25) is 0 Å². The van der Waals surface area contributed by atoms with Crippen molar-refractivity contribution in [3.8, 4) is 34.5 Å². The van der Waals surface area contributed by atoms with E-state index in [0.29, 0.717) is 69.0 Å². The van der Waals surface area contributed by atoms with Gasteiger partial charge in [-0.1, -0.05) is 191 Å². The van der Waals surface area contributed by atoms with Crippen LogP contribution in [-0.4, -0.2) is 49.1 Å². The second-order valence-electron chi connectivity index (χ2n) is 22.9. The molecule has 0 radical (unpaired) electrons. The Kier molecular flexibility index (Phi) is 22.4. The van der Waals surface area contributed by atoms with Crippen LogP contribution in [0.3, 0.4) is 0 Å². The van der Waals surface area contributed by atoms with Crippen molar-refractivity contribution in [1.82, 2.24) is 0 Å². The Hall–Kier alpha value is -6.67. The third-order valence-electron chi connectivity index (χ3n) is 14.5. The fourth-order valence-electron chi connectivity index (χ4n) is 10.4. The third kappa shape index (κ3) is 15.9. The van der Waals surface area contributed by atoms with Crippen LogP contribution in [0.4, 0.5) is 0 Å². The zero-order chi connectivity index (χ0) is 58.1. The second-order valence-corrected chi connectivity index (χ2v) is 23.6. The van der Waals surface area contributed by atoms with Crippen LogP contribution in [0.1, 0.15) is 185 Å². The number of hydrogen-bond acceptors (Lipinski definition) is 10. The molecule has 7 aromatic carbocycles. The Balaban J connectivity index is 0.00000308. The Morgan fingerprint density at radius 3 is 1.26 bits per heavy atom. The number of aliphatic imine (C=N–C) groups is 2. The first-order valence-corrected chi connectivity index (χ1v) is 32.2. The number of nitrogens with zero attached hydrogens (tertiary/aromatic N) is 2. The van der Waals surface area contributed by atoms with Crippen molar-refractivity contribution in [2.45, 2.75) is 144 Å². The summed E-state index contributed by atoms with van der Waals surface area (Å²) in [5.74, 6) is 3.59. The van der Waals surface area contributed by atoms with E-state index < -0.39 is 39.9 Å². The third-order valence-corrected chi connectivity index (χ3v) is 14.5. The maximum atomic E-state index is 12.8. The van der Waals surface area contributed by atoms with Crippen LogP contribution in [0.2, 0.25) is 0 Å². The number of benzene rings is 7. The molecular formula is C70H82N2O8U. The molecule has 10 nitrogen and oxygen atoms in total. The van der Waals surface area contributed by atoms with Gasteiger partial charge in [-0.05, 0) is 98.7 Å². The maximum absolute atomic E-state index is 12.8. The molecular weight excluding hydrogens is 1230 g/mol. The van der Waals surface area contributed by atoms with Gasteiger partial charge in [-0.2, -0.15) is 0 Å². The molecule has 0 heterocycles. The van der Waals surface area contributed by atoms with Gasteiger partial charge >= 0.3 is 32.3 Å². The summed E-state index contributed by atoms with van der Waals surface area (Å²) in [6, 6.07) is 44.7. The van der Waals surface area contributed by atoms with Crippen molar-refractivity contribution in [2.75, 3.05) is 26.4 Å². The summed E-state index contributed by atoms with van der Waals surface area (Å²) in [6.07, 6.45) is 9.03. The van der Waals surface area contributed by atoms with Crippen LogP contribution in [0.5, 0.6) is 34.5 Å². The van der Waals surface area contributed by atoms with Gasteiger partial charge in [0.25, 0.3) is 0 Å². The molecule has 0 saturated carbocycles. The molecule has 2 N–H and O–H groups in total. The predicted molar refractivity (Wildman–Crippen MR) is 322 cm³/mol. The number of phenolic OH excluding ortho intramolecular Hbond substituents is 2. The molecule has 0 saturated heterocycles. The Labute approximate surface area is 496 Å². The number of rotatable bonds is 19. The monoisotopic (exact) mass is 1320 g/mol. The van der Waals surface area contributed by atoms with E-state index in [9.17, 15) is 10.2 Å². The van der Waals surface area contributed by atoms with Crippen molar-refractivity contribution in [2.24, 2.45) is 9.98 Å². The van der Waals surface area contributed by atoms with Crippen molar-refractivity contribution in [1.29, 1.82) is 0 Å². The number of ether oxygens (including phenoxy) is 4. The number of fused-ring (bicyclic) bond motifs is 8. The predicted octanol–water partition coefficient (Wildman–Crippen LogP) is 16.3.